The first-order valence-corrected chi connectivity index (χ1v) is 7.69. The summed E-state index contributed by atoms with van der Waals surface area (Å²) in [6, 6.07) is 9.05. The van der Waals surface area contributed by atoms with Gasteiger partial charge in [-0.2, -0.15) is 5.26 Å². The Kier molecular flexibility index (Phi) is 4.77. The molecular weight excluding hydrogens is 338 g/mol. The monoisotopic (exact) mass is 355 g/mol. The zero-order valence-corrected chi connectivity index (χ0v) is 14.0. The number of benzene rings is 1. The molecular formula is C17H17N5O4. The van der Waals surface area contributed by atoms with E-state index in [9.17, 15) is 10.1 Å². The summed E-state index contributed by atoms with van der Waals surface area (Å²) in [6.07, 6.45) is 0. The van der Waals surface area contributed by atoms with E-state index in [1.165, 1.54) is 0 Å². The molecule has 0 radical (unpaired) electrons. The molecule has 9 heteroatoms. The zero-order valence-electron chi connectivity index (χ0n) is 14.0. The number of hydrogen-bond acceptors (Lipinski definition) is 7. The van der Waals surface area contributed by atoms with Crippen molar-refractivity contribution in [2.24, 2.45) is 11.5 Å². The molecule has 2 aromatic rings. The van der Waals surface area contributed by atoms with Gasteiger partial charge in [0.05, 0.1) is 23.8 Å². The lowest BCUT2D eigenvalue weighted by Gasteiger charge is -2.24. The number of fused-ring (bicyclic) bond motifs is 1. The third kappa shape index (κ3) is 3.18. The number of ether oxygens (including phenoxy) is 3. The molecule has 1 unspecified atom stereocenters. The summed E-state index contributed by atoms with van der Waals surface area (Å²) < 4.78 is 15.9. The smallest absolute Gasteiger partial charge is 0.255 e. The van der Waals surface area contributed by atoms with E-state index in [0.29, 0.717) is 22.9 Å². The Balaban J connectivity index is 2.01. The molecule has 26 heavy (non-hydrogen) atoms. The van der Waals surface area contributed by atoms with Crippen LogP contribution in [0.5, 0.6) is 11.6 Å². The lowest BCUT2D eigenvalue weighted by atomic mass is 9.84. The Morgan fingerprint density at radius 2 is 2.15 bits per heavy atom. The molecule has 1 aliphatic rings. The molecule has 3 rings (SSSR count). The molecule has 1 aromatic heterocycles. The molecule has 2 heterocycles. The quantitative estimate of drug-likeness (QED) is 0.688. The minimum atomic E-state index is -0.562. The standard InChI is InChI=1S/C17H17N5O4/c1-24-7-12-15-14(11(6-18)16(20)26-17(15)22-21-12)9-2-4-10(5-3-9)25-8-13(19)23/h2-5,14H,7-8,20H2,1H3,(H2,19,23)(H,21,22). The Labute approximate surface area is 149 Å². The lowest BCUT2D eigenvalue weighted by Crippen LogP contribution is -2.21. The van der Waals surface area contributed by atoms with Gasteiger partial charge in [-0.25, -0.2) is 0 Å². The number of nitrogens with one attached hydrogen (secondary N) is 1. The van der Waals surface area contributed by atoms with E-state index in [4.69, 9.17) is 25.7 Å². The van der Waals surface area contributed by atoms with Crippen molar-refractivity contribution in [2.75, 3.05) is 13.7 Å². The number of primary amides is 1. The van der Waals surface area contributed by atoms with E-state index < -0.39 is 11.8 Å². The number of aromatic nitrogens is 2. The van der Waals surface area contributed by atoms with Crippen molar-refractivity contribution in [3.63, 3.8) is 0 Å². The SMILES string of the molecule is COCc1[nH]nc2c1C(c1ccc(OCC(N)=O)cc1)C(C#N)=C(N)O2. The first kappa shape index (κ1) is 17.3. The molecule has 1 atom stereocenters. The van der Waals surface area contributed by atoms with Crippen LogP contribution in [0, 0.1) is 11.3 Å². The lowest BCUT2D eigenvalue weighted by molar-refractivity contribution is -0.119. The van der Waals surface area contributed by atoms with Gasteiger partial charge in [-0.05, 0) is 17.7 Å². The molecule has 1 amide bonds. The second kappa shape index (κ2) is 7.16. The molecule has 0 aliphatic carbocycles. The zero-order chi connectivity index (χ0) is 18.7. The van der Waals surface area contributed by atoms with Gasteiger partial charge in [0.15, 0.2) is 6.61 Å². The molecule has 0 spiro atoms. The third-order valence-corrected chi connectivity index (χ3v) is 3.90. The predicted octanol–water partition coefficient (Wildman–Crippen LogP) is 0.638. The average Bonchev–Trinajstić information content (AvgIpc) is 3.02. The Morgan fingerprint density at radius 1 is 1.42 bits per heavy atom. The van der Waals surface area contributed by atoms with Gasteiger partial charge in [-0.3, -0.25) is 9.89 Å². The van der Waals surface area contributed by atoms with E-state index in [1.807, 2.05) is 0 Å². The highest BCUT2D eigenvalue weighted by atomic mass is 16.5. The summed E-state index contributed by atoms with van der Waals surface area (Å²) in [4.78, 5) is 10.8. The number of nitriles is 1. The number of amides is 1. The van der Waals surface area contributed by atoms with Crippen LogP contribution in [0.3, 0.4) is 0 Å². The van der Waals surface area contributed by atoms with Crippen LogP contribution in [0.25, 0.3) is 0 Å². The first-order chi connectivity index (χ1) is 12.5. The maximum absolute atomic E-state index is 10.8. The maximum atomic E-state index is 10.8. The van der Waals surface area contributed by atoms with Crippen LogP contribution in [-0.2, 0) is 16.1 Å². The summed E-state index contributed by atoms with van der Waals surface area (Å²) >= 11 is 0. The molecule has 0 fully saturated rings. The number of nitrogens with zero attached hydrogens (tertiary/aromatic N) is 2. The maximum Gasteiger partial charge on any atom is 0.255 e. The number of hydrogen-bond donors (Lipinski definition) is 3. The summed E-state index contributed by atoms with van der Waals surface area (Å²) in [6.45, 7) is 0.0669. The van der Waals surface area contributed by atoms with Gasteiger partial charge in [-0.15, -0.1) is 5.10 Å². The molecule has 1 aromatic carbocycles. The predicted molar refractivity (Wildman–Crippen MR) is 89.7 cm³/mol. The number of carbonyl (C=O) groups is 1. The third-order valence-electron chi connectivity index (χ3n) is 3.90. The highest BCUT2D eigenvalue weighted by molar-refractivity contribution is 5.75. The normalized spacial score (nSPS) is 15.8. The topological polar surface area (TPSA) is 149 Å². The number of H-pyrrole nitrogens is 1. The van der Waals surface area contributed by atoms with E-state index in [1.54, 1.807) is 31.4 Å². The average molecular weight is 355 g/mol. The number of carbonyl (C=O) groups excluding carboxylic acids is 1. The number of allylic oxidation sites excluding steroid dienone is 1. The Morgan fingerprint density at radius 3 is 2.77 bits per heavy atom. The Hall–Kier alpha value is -3.51. The summed E-state index contributed by atoms with van der Waals surface area (Å²) in [7, 11) is 1.56. The van der Waals surface area contributed by atoms with Crippen LogP contribution in [0.4, 0.5) is 0 Å². The van der Waals surface area contributed by atoms with Crippen molar-refractivity contribution < 1.29 is 19.0 Å². The van der Waals surface area contributed by atoms with Gasteiger partial charge in [-0.1, -0.05) is 12.1 Å². The second-order valence-electron chi connectivity index (χ2n) is 5.60. The van der Waals surface area contributed by atoms with Gasteiger partial charge in [0.1, 0.15) is 17.4 Å². The fourth-order valence-corrected chi connectivity index (χ4v) is 2.81. The van der Waals surface area contributed by atoms with Crippen molar-refractivity contribution in [3.8, 4) is 17.7 Å². The van der Waals surface area contributed by atoms with Crippen LogP contribution in [-0.4, -0.2) is 29.8 Å². The van der Waals surface area contributed by atoms with Crippen LogP contribution >= 0.6 is 0 Å². The second-order valence-corrected chi connectivity index (χ2v) is 5.60. The van der Waals surface area contributed by atoms with Crippen molar-refractivity contribution in [2.45, 2.75) is 12.5 Å². The van der Waals surface area contributed by atoms with Gasteiger partial charge >= 0.3 is 0 Å². The molecule has 9 nitrogen and oxygen atoms in total. The fraction of sp³-hybridized carbons (Fsp3) is 0.235. The highest BCUT2D eigenvalue weighted by Gasteiger charge is 2.35. The van der Waals surface area contributed by atoms with E-state index in [2.05, 4.69) is 16.3 Å². The van der Waals surface area contributed by atoms with Gasteiger partial charge in [0.2, 0.25) is 11.8 Å². The Bertz CT molecular complexity index is 895. The largest absolute Gasteiger partial charge is 0.484 e. The summed E-state index contributed by atoms with van der Waals surface area (Å²) in [5.74, 6) is -0.215. The molecule has 0 bridgehead atoms. The fourth-order valence-electron chi connectivity index (χ4n) is 2.81. The van der Waals surface area contributed by atoms with Gasteiger partial charge in [0, 0.05) is 7.11 Å². The summed E-state index contributed by atoms with van der Waals surface area (Å²) in [5.41, 5.74) is 13.4. The van der Waals surface area contributed by atoms with E-state index in [0.717, 1.165) is 5.56 Å². The van der Waals surface area contributed by atoms with E-state index >= 15 is 0 Å². The number of methoxy groups -OCH3 is 1. The molecule has 0 saturated carbocycles. The molecule has 5 N–H and O–H groups in total. The minimum Gasteiger partial charge on any atom is -0.484 e. The first-order valence-electron chi connectivity index (χ1n) is 7.69. The summed E-state index contributed by atoms with van der Waals surface area (Å²) in [5, 5.41) is 16.5. The van der Waals surface area contributed by atoms with E-state index in [-0.39, 0.29) is 24.7 Å². The molecule has 1 aliphatic heterocycles. The van der Waals surface area contributed by atoms with Gasteiger partial charge in [0.25, 0.3) is 5.91 Å². The number of rotatable bonds is 6. The number of aromatic amines is 1. The van der Waals surface area contributed by atoms with Crippen LogP contribution in [0.15, 0.2) is 35.7 Å². The molecule has 0 saturated heterocycles. The van der Waals surface area contributed by atoms with Gasteiger partial charge < -0.3 is 25.7 Å². The van der Waals surface area contributed by atoms with Crippen LogP contribution < -0.4 is 20.9 Å². The van der Waals surface area contributed by atoms with Crippen molar-refractivity contribution in [1.82, 2.24) is 10.2 Å². The number of nitrogens with two attached hydrogens (primary N) is 2. The van der Waals surface area contributed by atoms with Crippen molar-refractivity contribution >= 4 is 5.91 Å². The highest BCUT2D eigenvalue weighted by Crippen LogP contribution is 2.43. The van der Waals surface area contributed by atoms with Crippen molar-refractivity contribution in [1.29, 1.82) is 5.26 Å². The van der Waals surface area contributed by atoms with Crippen molar-refractivity contribution in [3.05, 3.63) is 52.5 Å². The molecule has 134 valence electrons. The van der Waals surface area contributed by atoms with Crippen LogP contribution in [0.2, 0.25) is 0 Å². The minimum absolute atomic E-state index is 0.00882. The van der Waals surface area contributed by atoms with Crippen LogP contribution in [0.1, 0.15) is 22.7 Å².